The van der Waals surface area contributed by atoms with Gasteiger partial charge in [0.25, 0.3) is 0 Å². The van der Waals surface area contributed by atoms with Crippen molar-refractivity contribution in [1.82, 2.24) is 34.2 Å². The maximum absolute atomic E-state index is 14.3. The van der Waals surface area contributed by atoms with E-state index in [0.29, 0.717) is 34.5 Å². The van der Waals surface area contributed by atoms with Crippen LogP contribution in [0.2, 0.25) is 0 Å². The number of imidazole rings is 1. The number of ether oxygens (including phenoxy) is 2. The number of aryl methyl sites for hydroxylation is 1. The van der Waals surface area contributed by atoms with E-state index in [-0.39, 0.29) is 11.8 Å². The molecule has 0 saturated carbocycles. The maximum atomic E-state index is 14.3. The Morgan fingerprint density at radius 2 is 1.89 bits per heavy atom. The third kappa shape index (κ3) is 5.22. The number of methoxy groups -OCH3 is 2. The molecule has 4 aromatic heterocycles. The van der Waals surface area contributed by atoms with E-state index >= 15 is 0 Å². The van der Waals surface area contributed by atoms with Crippen molar-refractivity contribution in [3.63, 3.8) is 0 Å². The van der Waals surface area contributed by atoms with E-state index in [2.05, 4.69) is 35.1 Å². The Hall–Kier alpha value is -4.10. The van der Waals surface area contributed by atoms with Gasteiger partial charge in [0.05, 0.1) is 31.3 Å². The second-order valence-electron chi connectivity index (χ2n) is 8.65. The van der Waals surface area contributed by atoms with Gasteiger partial charge in [0.15, 0.2) is 17.5 Å². The highest BCUT2D eigenvalue weighted by Crippen LogP contribution is 2.32. The molecule has 0 bridgehead atoms. The number of hydrogen-bond acceptors (Lipinski definition) is 11. The van der Waals surface area contributed by atoms with Crippen LogP contribution in [0, 0.1) is 12.7 Å². The molecule has 5 heterocycles. The van der Waals surface area contributed by atoms with Crippen LogP contribution >= 0.6 is 0 Å². The summed E-state index contributed by atoms with van der Waals surface area (Å²) in [6, 6.07) is 5.27. The molecule has 0 spiro atoms. The van der Waals surface area contributed by atoms with E-state index < -0.39 is 5.82 Å². The predicted molar refractivity (Wildman–Crippen MR) is 138 cm³/mol. The molecule has 12 nitrogen and oxygen atoms in total. The van der Waals surface area contributed by atoms with Gasteiger partial charge in [0.2, 0.25) is 11.8 Å². The Morgan fingerprint density at radius 3 is 2.59 bits per heavy atom. The number of nitrogens with zero attached hydrogens (tertiary/aromatic N) is 8. The van der Waals surface area contributed by atoms with Gasteiger partial charge in [-0.1, -0.05) is 0 Å². The number of nitrogens with two attached hydrogens (primary N) is 1. The third-order valence-corrected chi connectivity index (χ3v) is 6.19. The van der Waals surface area contributed by atoms with Crippen LogP contribution in [0.5, 0.6) is 5.88 Å². The molecule has 0 atom stereocenters. The third-order valence-electron chi connectivity index (χ3n) is 6.19. The zero-order chi connectivity index (χ0) is 25.9. The molecule has 3 N–H and O–H groups in total. The molecule has 0 aliphatic carbocycles. The average molecular weight is 509 g/mol. The van der Waals surface area contributed by atoms with Gasteiger partial charge in [-0.2, -0.15) is 9.97 Å². The van der Waals surface area contributed by atoms with Crippen molar-refractivity contribution >= 4 is 28.8 Å². The van der Waals surface area contributed by atoms with E-state index in [0.717, 1.165) is 45.0 Å². The highest BCUT2D eigenvalue weighted by atomic mass is 19.1. The first kappa shape index (κ1) is 24.6. The Morgan fingerprint density at radius 1 is 1.08 bits per heavy atom. The van der Waals surface area contributed by atoms with Crippen molar-refractivity contribution in [2.24, 2.45) is 0 Å². The molecule has 0 unspecified atom stereocenters. The van der Waals surface area contributed by atoms with E-state index in [4.69, 9.17) is 20.2 Å². The smallest absolute Gasteiger partial charge is 0.250 e. The molecule has 0 radical (unpaired) electrons. The summed E-state index contributed by atoms with van der Waals surface area (Å²) in [5.41, 5.74) is 8.63. The first-order valence-electron chi connectivity index (χ1n) is 11.9. The number of hydrogen-bond donors (Lipinski definition) is 2. The molecule has 0 amide bonds. The number of nitrogen functional groups attached to an aromatic ring is 1. The van der Waals surface area contributed by atoms with E-state index in [9.17, 15) is 4.39 Å². The van der Waals surface area contributed by atoms with Crippen LogP contribution in [-0.2, 0) is 4.74 Å². The van der Waals surface area contributed by atoms with Crippen LogP contribution < -0.4 is 20.7 Å². The fraction of sp³-hybridized carbons (Fsp3) is 0.375. The number of aromatic nitrogens is 6. The van der Waals surface area contributed by atoms with Gasteiger partial charge in [0, 0.05) is 52.1 Å². The molecule has 0 aromatic carbocycles. The number of piperazine rings is 1. The predicted octanol–water partition coefficient (Wildman–Crippen LogP) is 2.13. The summed E-state index contributed by atoms with van der Waals surface area (Å²) >= 11 is 0. The Balaban J connectivity index is 1.53. The summed E-state index contributed by atoms with van der Waals surface area (Å²) in [7, 11) is 3.09. The quantitative estimate of drug-likeness (QED) is 0.363. The Bertz CT molecular complexity index is 1380. The number of fused-ring (bicyclic) bond motifs is 1. The lowest BCUT2D eigenvalue weighted by Crippen LogP contribution is -2.47. The summed E-state index contributed by atoms with van der Waals surface area (Å²) in [6.07, 6.45) is 3.48. The standard InChI is InChI=1S/C24H29FN10O2/c1-15-28-21(32-24(26)29-15)20-22(30-16-12-18(25)23(37-3)27-13-16)31-19-5-4-17(14-35(19)20)34-8-6-33(7-9-34)10-11-36-2/h4-5,12-14,30H,6-11H2,1-3H3,(H2,26,28,29,32). The number of rotatable bonds is 8. The minimum absolute atomic E-state index is 0.0893. The lowest BCUT2D eigenvalue weighted by atomic mass is 10.2. The minimum atomic E-state index is -0.593. The molecule has 1 saturated heterocycles. The van der Waals surface area contributed by atoms with Gasteiger partial charge < -0.3 is 25.4 Å². The van der Waals surface area contributed by atoms with Gasteiger partial charge in [-0.3, -0.25) is 9.30 Å². The van der Waals surface area contributed by atoms with Crippen molar-refractivity contribution in [2.75, 3.05) is 69.5 Å². The number of anilines is 4. The van der Waals surface area contributed by atoms with Gasteiger partial charge in [-0.25, -0.2) is 19.3 Å². The molecule has 1 fully saturated rings. The van der Waals surface area contributed by atoms with Crippen molar-refractivity contribution in [1.29, 1.82) is 0 Å². The summed E-state index contributed by atoms with van der Waals surface area (Å²) in [5.74, 6) is 0.674. The molecule has 1 aliphatic rings. The lowest BCUT2D eigenvalue weighted by Gasteiger charge is -2.35. The number of nitrogens with one attached hydrogen (secondary N) is 1. The Labute approximate surface area is 213 Å². The first-order chi connectivity index (χ1) is 17.9. The lowest BCUT2D eigenvalue weighted by molar-refractivity contribution is 0.144. The van der Waals surface area contributed by atoms with Crippen LogP contribution in [-0.4, -0.2) is 87.8 Å². The summed E-state index contributed by atoms with van der Waals surface area (Å²) < 4.78 is 26.4. The van der Waals surface area contributed by atoms with E-state index in [1.807, 2.05) is 22.7 Å². The normalized spacial score (nSPS) is 14.3. The average Bonchev–Trinajstić information content (AvgIpc) is 3.24. The fourth-order valence-electron chi connectivity index (χ4n) is 4.36. The zero-order valence-electron chi connectivity index (χ0n) is 21.0. The van der Waals surface area contributed by atoms with Gasteiger partial charge in [-0.05, 0) is 19.1 Å². The summed E-state index contributed by atoms with van der Waals surface area (Å²) in [4.78, 5) is 26.4. The molecule has 1 aliphatic heterocycles. The fourth-order valence-corrected chi connectivity index (χ4v) is 4.36. The second-order valence-corrected chi connectivity index (χ2v) is 8.65. The van der Waals surface area contributed by atoms with Gasteiger partial charge in [-0.15, -0.1) is 0 Å². The van der Waals surface area contributed by atoms with Crippen LogP contribution in [0.15, 0.2) is 30.6 Å². The molecule has 194 valence electrons. The monoisotopic (exact) mass is 508 g/mol. The maximum Gasteiger partial charge on any atom is 0.250 e. The zero-order valence-corrected chi connectivity index (χ0v) is 21.0. The molecule has 13 heteroatoms. The van der Waals surface area contributed by atoms with Gasteiger partial charge in [0.1, 0.15) is 17.2 Å². The van der Waals surface area contributed by atoms with Crippen LogP contribution in [0.1, 0.15) is 5.82 Å². The summed E-state index contributed by atoms with van der Waals surface area (Å²) in [5, 5.41) is 3.15. The van der Waals surface area contributed by atoms with Crippen molar-refractivity contribution < 1.29 is 13.9 Å². The van der Waals surface area contributed by atoms with Crippen LogP contribution in [0.3, 0.4) is 0 Å². The number of halogens is 1. The molecular formula is C24H29FN10O2. The Kier molecular flexibility index (Phi) is 6.97. The topological polar surface area (TPSA) is 132 Å². The second kappa shape index (κ2) is 10.5. The highest BCUT2D eigenvalue weighted by molar-refractivity contribution is 5.77. The van der Waals surface area contributed by atoms with Crippen molar-refractivity contribution in [2.45, 2.75) is 6.92 Å². The SMILES string of the molecule is COCCN1CCN(c2ccc3nc(Nc4cnc(OC)c(F)c4)c(-c4nc(C)nc(N)n4)n3c2)CC1. The van der Waals surface area contributed by atoms with E-state index in [1.54, 1.807) is 14.0 Å². The molecule has 4 aromatic rings. The van der Waals surface area contributed by atoms with Crippen molar-refractivity contribution in [3.8, 4) is 17.4 Å². The van der Waals surface area contributed by atoms with Crippen molar-refractivity contribution in [3.05, 3.63) is 42.2 Å². The molecular weight excluding hydrogens is 479 g/mol. The van der Waals surface area contributed by atoms with Crippen LogP contribution in [0.4, 0.5) is 27.5 Å². The number of pyridine rings is 2. The van der Waals surface area contributed by atoms with E-state index in [1.165, 1.54) is 19.4 Å². The molecule has 37 heavy (non-hydrogen) atoms. The minimum Gasteiger partial charge on any atom is -0.479 e. The highest BCUT2D eigenvalue weighted by Gasteiger charge is 2.22. The van der Waals surface area contributed by atoms with Crippen LogP contribution in [0.25, 0.3) is 17.2 Å². The summed E-state index contributed by atoms with van der Waals surface area (Å²) in [6.45, 7) is 7.06. The van der Waals surface area contributed by atoms with Gasteiger partial charge >= 0.3 is 0 Å². The first-order valence-corrected chi connectivity index (χ1v) is 11.9. The largest absolute Gasteiger partial charge is 0.479 e. The molecule has 5 rings (SSSR count).